The maximum absolute atomic E-state index is 13.1. The monoisotopic (exact) mass is 491 g/mol. The lowest BCUT2D eigenvalue weighted by atomic mass is 9.99. The van der Waals surface area contributed by atoms with Crippen LogP contribution in [0.15, 0.2) is 75.6 Å². The number of nitrogens with one attached hydrogen (secondary N) is 1. The fourth-order valence-corrected chi connectivity index (χ4v) is 4.64. The van der Waals surface area contributed by atoms with E-state index in [4.69, 9.17) is 4.98 Å². The van der Waals surface area contributed by atoms with Crippen molar-refractivity contribution in [3.63, 3.8) is 0 Å². The predicted molar refractivity (Wildman–Crippen MR) is 133 cm³/mol. The van der Waals surface area contributed by atoms with Crippen molar-refractivity contribution in [1.29, 1.82) is 0 Å². The third kappa shape index (κ3) is 4.75. The average molecular weight is 492 g/mol. The summed E-state index contributed by atoms with van der Waals surface area (Å²) in [5.41, 5.74) is 7.82. The molecule has 4 aromatic rings. The van der Waals surface area contributed by atoms with Crippen molar-refractivity contribution in [2.45, 2.75) is 26.7 Å². The largest absolute Gasteiger partial charge is 0.272 e. The SMILES string of the molecule is C/C(=N/NC(=O)c1cc(-c2ccc(C(C)C)cc2)nc2ccccc12)c1ccc(Br)s1. The Bertz CT molecular complexity index is 1280. The second-order valence-electron chi connectivity index (χ2n) is 7.59. The van der Waals surface area contributed by atoms with Crippen LogP contribution in [0.1, 0.15) is 47.5 Å². The lowest BCUT2D eigenvalue weighted by Crippen LogP contribution is -2.19. The van der Waals surface area contributed by atoms with Crippen LogP contribution in [0.3, 0.4) is 0 Å². The number of hydrogen-bond donors (Lipinski definition) is 1. The Kier molecular flexibility index (Phi) is 6.30. The summed E-state index contributed by atoms with van der Waals surface area (Å²) in [5, 5.41) is 5.11. The van der Waals surface area contributed by atoms with Crippen LogP contribution in [0.4, 0.5) is 0 Å². The molecule has 0 atom stereocenters. The zero-order valence-electron chi connectivity index (χ0n) is 17.5. The van der Waals surface area contributed by atoms with Gasteiger partial charge in [0, 0.05) is 10.9 Å². The zero-order valence-corrected chi connectivity index (χ0v) is 19.9. The Labute approximate surface area is 194 Å². The Morgan fingerprint density at radius 1 is 1.06 bits per heavy atom. The smallest absolute Gasteiger partial charge is 0.267 e. The molecule has 0 saturated carbocycles. The molecule has 0 fully saturated rings. The number of rotatable bonds is 5. The van der Waals surface area contributed by atoms with Crippen molar-refractivity contribution < 1.29 is 4.79 Å². The number of para-hydroxylation sites is 1. The number of hydrogen-bond acceptors (Lipinski definition) is 4. The lowest BCUT2D eigenvalue weighted by Gasteiger charge is -2.10. The van der Waals surface area contributed by atoms with Crippen LogP contribution in [0.5, 0.6) is 0 Å². The molecule has 2 heterocycles. The Morgan fingerprint density at radius 2 is 1.81 bits per heavy atom. The molecule has 0 bridgehead atoms. The van der Waals surface area contributed by atoms with Crippen molar-refractivity contribution in [3.05, 3.63) is 86.5 Å². The van der Waals surface area contributed by atoms with Gasteiger partial charge in [-0.3, -0.25) is 4.79 Å². The first-order valence-electron chi connectivity index (χ1n) is 10.0. The first kappa shape index (κ1) is 21.4. The first-order valence-corrected chi connectivity index (χ1v) is 11.6. The van der Waals surface area contributed by atoms with Gasteiger partial charge in [-0.2, -0.15) is 5.10 Å². The molecule has 6 heteroatoms. The van der Waals surface area contributed by atoms with Crippen molar-refractivity contribution in [1.82, 2.24) is 10.4 Å². The highest BCUT2D eigenvalue weighted by molar-refractivity contribution is 9.11. The number of benzene rings is 2. The number of pyridine rings is 1. The maximum Gasteiger partial charge on any atom is 0.272 e. The van der Waals surface area contributed by atoms with E-state index in [-0.39, 0.29) is 5.91 Å². The van der Waals surface area contributed by atoms with Crippen molar-refractivity contribution in [2.75, 3.05) is 0 Å². The van der Waals surface area contributed by atoms with E-state index >= 15 is 0 Å². The van der Waals surface area contributed by atoms with Crippen molar-refractivity contribution in [2.24, 2.45) is 5.10 Å². The second kappa shape index (κ2) is 9.12. The van der Waals surface area contributed by atoms with E-state index in [1.165, 1.54) is 5.56 Å². The summed E-state index contributed by atoms with van der Waals surface area (Å²) in [6, 6.07) is 21.8. The number of carbonyl (C=O) groups is 1. The molecule has 0 saturated heterocycles. The van der Waals surface area contributed by atoms with E-state index in [0.29, 0.717) is 11.5 Å². The van der Waals surface area contributed by atoms with E-state index in [9.17, 15) is 4.79 Å². The summed E-state index contributed by atoms with van der Waals surface area (Å²) < 4.78 is 1.02. The van der Waals surface area contributed by atoms with Gasteiger partial charge in [-0.1, -0.05) is 56.3 Å². The van der Waals surface area contributed by atoms with E-state index in [0.717, 1.165) is 36.5 Å². The van der Waals surface area contributed by atoms with Crippen LogP contribution < -0.4 is 5.43 Å². The van der Waals surface area contributed by atoms with Gasteiger partial charge in [0.05, 0.1) is 31.1 Å². The zero-order chi connectivity index (χ0) is 22.0. The average Bonchev–Trinajstić information content (AvgIpc) is 3.23. The van der Waals surface area contributed by atoms with Crippen LogP contribution in [-0.2, 0) is 0 Å². The van der Waals surface area contributed by atoms with Gasteiger partial charge in [0.25, 0.3) is 5.91 Å². The van der Waals surface area contributed by atoms with Gasteiger partial charge < -0.3 is 0 Å². The van der Waals surface area contributed by atoms with Gasteiger partial charge in [0.1, 0.15) is 0 Å². The summed E-state index contributed by atoms with van der Waals surface area (Å²) >= 11 is 5.03. The van der Waals surface area contributed by atoms with Gasteiger partial charge in [-0.25, -0.2) is 10.4 Å². The number of fused-ring (bicyclic) bond motifs is 1. The van der Waals surface area contributed by atoms with Crippen molar-refractivity contribution in [3.8, 4) is 11.3 Å². The summed E-state index contributed by atoms with van der Waals surface area (Å²) in [6.45, 7) is 6.22. The molecular formula is C25H22BrN3OS. The molecule has 0 unspecified atom stereocenters. The molecule has 1 amide bonds. The highest BCUT2D eigenvalue weighted by Crippen LogP contribution is 2.27. The number of thiophene rings is 1. The molecule has 1 N–H and O–H groups in total. The number of halogens is 1. The van der Waals surface area contributed by atoms with E-state index in [1.54, 1.807) is 11.3 Å². The standard InChI is InChI=1S/C25H22BrN3OS/c1-15(2)17-8-10-18(11-9-17)22-14-20(19-6-4-5-7-21(19)27-22)25(30)29-28-16(3)23-12-13-24(26)31-23/h4-15H,1-3H3,(H,29,30)/b28-16-. The van der Waals surface area contributed by atoms with Gasteiger partial charge in [0.15, 0.2) is 0 Å². The Balaban J connectivity index is 1.70. The highest BCUT2D eigenvalue weighted by atomic mass is 79.9. The summed E-state index contributed by atoms with van der Waals surface area (Å²) in [7, 11) is 0. The van der Waals surface area contributed by atoms with E-state index in [1.807, 2.05) is 49.4 Å². The lowest BCUT2D eigenvalue weighted by molar-refractivity contribution is 0.0956. The molecule has 0 aliphatic carbocycles. The van der Waals surface area contributed by atoms with Crippen LogP contribution in [0.2, 0.25) is 0 Å². The van der Waals surface area contributed by atoms with Gasteiger partial charge in [-0.05, 0) is 58.6 Å². The highest BCUT2D eigenvalue weighted by Gasteiger charge is 2.14. The Hall–Kier alpha value is -2.83. The molecule has 4 rings (SSSR count). The minimum absolute atomic E-state index is 0.256. The topological polar surface area (TPSA) is 54.4 Å². The minimum atomic E-state index is -0.256. The van der Waals surface area contributed by atoms with Gasteiger partial charge >= 0.3 is 0 Å². The van der Waals surface area contributed by atoms with E-state index < -0.39 is 0 Å². The maximum atomic E-state index is 13.1. The van der Waals surface area contributed by atoms with Crippen LogP contribution >= 0.6 is 27.3 Å². The molecule has 156 valence electrons. The second-order valence-corrected chi connectivity index (χ2v) is 10.1. The quantitative estimate of drug-likeness (QED) is 0.241. The molecule has 31 heavy (non-hydrogen) atoms. The van der Waals surface area contributed by atoms with Crippen LogP contribution in [0, 0.1) is 0 Å². The fourth-order valence-electron chi connectivity index (χ4n) is 3.31. The summed E-state index contributed by atoms with van der Waals surface area (Å²) in [6.07, 6.45) is 0. The molecule has 2 aromatic carbocycles. The van der Waals surface area contributed by atoms with Crippen molar-refractivity contribution >= 4 is 49.8 Å². The summed E-state index contributed by atoms with van der Waals surface area (Å²) in [4.78, 5) is 18.9. The number of carbonyl (C=O) groups excluding carboxylic acids is 1. The minimum Gasteiger partial charge on any atom is -0.267 e. The molecule has 0 aliphatic heterocycles. The van der Waals surface area contributed by atoms with E-state index in [2.05, 4.69) is 64.6 Å². The predicted octanol–water partition coefficient (Wildman–Crippen LogP) is 7.00. The third-order valence-electron chi connectivity index (χ3n) is 5.09. The fraction of sp³-hybridized carbons (Fsp3) is 0.160. The molecule has 4 nitrogen and oxygen atoms in total. The molecule has 0 aliphatic rings. The van der Waals surface area contributed by atoms with Crippen LogP contribution in [-0.4, -0.2) is 16.6 Å². The number of aromatic nitrogens is 1. The van der Waals surface area contributed by atoms with Gasteiger partial charge in [-0.15, -0.1) is 11.3 Å². The normalized spacial score (nSPS) is 11.8. The first-order chi connectivity index (χ1) is 14.9. The molecule has 2 aromatic heterocycles. The molecular weight excluding hydrogens is 470 g/mol. The molecule has 0 spiro atoms. The third-order valence-corrected chi connectivity index (χ3v) is 6.82. The number of amides is 1. The molecule has 0 radical (unpaired) electrons. The van der Waals surface area contributed by atoms with Crippen LogP contribution in [0.25, 0.3) is 22.2 Å². The number of hydrazone groups is 1. The van der Waals surface area contributed by atoms with Gasteiger partial charge in [0.2, 0.25) is 0 Å². The number of nitrogens with zero attached hydrogens (tertiary/aromatic N) is 2. The Morgan fingerprint density at radius 3 is 2.48 bits per heavy atom. The summed E-state index contributed by atoms with van der Waals surface area (Å²) in [5.74, 6) is 0.207.